The van der Waals surface area contributed by atoms with Gasteiger partial charge in [-0.3, -0.25) is 4.79 Å². The van der Waals surface area contributed by atoms with Crippen LogP contribution in [0.3, 0.4) is 0 Å². The van der Waals surface area contributed by atoms with Gasteiger partial charge in [0.15, 0.2) is 5.13 Å². The van der Waals surface area contributed by atoms with E-state index in [4.69, 9.17) is 0 Å². The zero-order chi connectivity index (χ0) is 18.6. The van der Waals surface area contributed by atoms with Gasteiger partial charge in [-0.05, 0) is 31.4 Å². The van der Waals surface area contributed by atoms with Gasteiger partial charge in [-0.25, -0.2) is 13.4 Å². The molecule has 1 amide bonds. The highest BCUT2D eigenvalue weighted by Gasteiger charge is 2.27. The van der Waals surface area contributed by atoms with E-state index in [0.29, 0.717) is 29.5 Å². The van der Waals surface area contributed by atoms with E-state index in [9.17, 15) is 13.2 Å². The number of anilines is 1. The lowest BCUT2D eigenvalue weighted by atomic mass is 10.2. The molecule has 1 aliphatic heterocycles. The molecule has 0 atom stereocenters. The Kier molecular flexibility index (Phi) is 6.05. The second kappa shape index (κ2) is 8.28. The molecule has 140 valence electrons. The zero-order valence-electron chi connectivity index (χ0n) is 14.8. The minimum atomic E-state index is -3.40. The molecular weight excluding hydrogens is 370 g/mol. The summed E-state index contributed by atoms with van der Waals surface area (Å²) in [5.74, 6) is -0.0280. The average Bonchev–Trinajstić information content (AvgIpc) is 3.32. The van der Waals surface area contributed by atoms with E-state index in [2.05, 4.69) is 10.3 Å². The van der Waals surface area contributed by atoms with Crippen molar-refractivity contribution in [3.63, 3.8) is 0 Å². The first-order valence-corrected chi connectivity index (χ1v) is 11.2. The molecule has 0 bridgehead atoms. The Labute approximate surface area is 158 Å². The number of carbonyl (C=O) groups excluding carboxylic acids is 1. The molecule has 1 aromatic carbocycles. The summed E-state index contributed by atoms with van der Waals surface area (Å²) in [4.78, 5) is 16.5. The van der Waals surface area contributed by atoms with Crippen LogP contribution in [0.15, 0.2) is 34.5 Å². The van der Waals surface area contributed by atoms with Crippen molar-refractivity contribution in [1.29, 1.82) is 0 Å². The van der Waals surface area contributed by atoms with Gasteiger partial charge in [0.05, 0.1) is 10.6 Å². The van der Waals surface area contributed by atoms with Gasteiger partial charge in [-0.15, -0.1) is 11.3 Å². The Morgan fingerprint density at radius 3 is 2.58 bits per heavy atom. The number of sulfonamides is 1. The van der Waals surface area contributed by atoms with Crippen molar-refractivity contribution >= 4 is 32.4 Å². The third-order valence-corrected chi connectivity index (χ3v) is 7.03. The lowest BCUT2D eigenvalue weighted by molar-refractivity contribution is -0.116. The smallest absolute Gasteiger partial charge is 0.243 e. The zero-order valence-corrected chi connectivity index (χ0v) is 16.4. The molecule has 3 rings (SSSR count). The second-order valence-electron chi connectivity index (χ2n) is 6.33. The van der Waals surface area contributed by atoms with Crippen molar-refractivity contribution in [1.82, 2.24) is 9.29 Å². The fourth-order valence-electron chi connectivity index (χ4n) is 2.86. The number of hydrogen-bond acceptors (Lipinski definition) is 5. The van der Waals surface area contributed by atoms with Crippen LogP contribution in [0.4, 0.5) is 5.13 Å². The predicted octanol–water partition coefficient (Wildman–Crippen LogP) is 3.72. The van der Waals surface area contributed by atoms with Gasteiger partial charge in [0.25, 0.3) is 0 Å². The average molecular weight is 394 g/mol. The van der Waals surface area contributed by atoms with E-state index in [1.54, 1.807) is 24.3 Å². The van der Waals surface area contributed by atoms with Crippen LogP contribution in [0.25, 0.3) is 11.3 Å². The Bertz CT molecular complexity index is 854. The first kappa shape index (κ1) is 19.0. The van der Waals surface area contributed by atoms with Crippen molar-refractivity contribution in [2.75, 3.05) is 18.4 Å². The number of thiazole rings is 1. The van der Waals surface area contributed by atoms with E-state index < -0.39 is 10.0 Å². The highest BCUT2D eigenvalue weighted by atomic mass is 32.2. The Morgan fingerprint density at radius 2 is 1.92 bits per heavy atom. The van der Waals surface area contributed by atoms with Crippen LogP contribution < -0.4 is 5.32 Å². The van der Waals surface area contributed by atoms with Gasteiger partial charge < -0.3 is 5.32 Å². The van der Waals surface area contributed by atoms with Crippen LogP contribution in [-0.4, -0.2) is 36.7 Å². The number of aromatic nitrogens is 1. The standard InChI is InChI=1S/C18H23N3O3S2/c1-2-3-6-17(22)20-18-19-16(13-25-18)14-7-9-15(10-8-14)26(23,24)21-11-4-5-12-21/h7-10,13H,2-6,11-12H2,1H3,(H,19,20,22). The van der Waals surface area contributed by atoms with E-state index >= 15 is 0 Å². The molecule has 1 N–H and O–H groups in total. The Hall–Kier alpha value is -1.77. The summed E-state index contributed by atoms with van der Waals surface area (Å²) in [6.45, 7) is 3.23. The fourth-order valence-corrected chi connectivity index (χ4v) is 5.11. The molecule has 1 aromatic heterocycles. The summed E-state index contributed by atoms with van der Waals surface area (Å²) in [6.07, 6.45) is 4.17. The SMILES string of the molecule is CCCCC(=O)Nc1nc(-c2ccc(S(=O)(=O)N3CCCC3)cc2)cs1. The quantitative estimate of drug-likeness (QED) is 0.777. The van der Waals surface area contributed by atoms with Crippen LogP contribution in [0.2, 0.25) is 0 Å². The number of nitrogens with one attached hydrogen (secondary N) is 1. The van der Waals surface area contributed by atoms with Gasteiger partial charge >= 0.3 is 0 Å². The third-order valence-electron chi connectivity index (χ3n) is 4.36. The molecule has 1 aliphatic rings. The van der Waals surface area contributed by atoms with Crippen LogP contribution in [0.5, 0.6) is 0 Å². The van der Waals surface area contributed by atoms with Crippen molar-refractivity contribution in [3.8, 4) is 11.3 Å². The maximum absolute atomic E-state index is 12.6. The lowest BCUT2D eigenvalue weighted by Crippen LogP contribution is -2.27. The number of amides is 1. The summed E-state index contributed by atoms with van der Waals surface area (Å²) < 4.78 is 26.7. The van der Waals surface area contributed by atoms with Crippen molar-refractivity contribution < 1.29 is 13.2 Å². The molecule has 6 nitrogen and oxygen atoms in total. The van der Waals surface area contributed by atoms with E-state index in [-0.39, 0.29) is 5.91 Å². The monoisotopic (exact) mass is 393 g/mol. The van der Waals surface area contributed by atoms with Crippen molar-refractivity contribution in [2.24, 2.45) is 0 Å². The topological polar surface area (TPSA) is 79.4 Å². The number of hydrogen-bond donors (Lipinski definition) is 1. The fraction of sp³-hybridized carbons (Fsp3) is 0.444. The summed E-state index contributed by atoms with van der Waals surface area (Å²) in [5, 5.41) is 5.23. The first-order chi connectivity index (χ1) is 12.5. The van der Waals surface area contributed by atoms with Crippen LogP contribution >= 0.6 is 11.3 Å². The van der Waals surface area contributed by atoms with E-state index in [0.717, 1.165) is 36.9 Å². The summed E-state index contributed by atoms with van der Waals surface area (Å²) in [5.41, 5.74) is 1.56. The number of nitrogens with zero attached hydrogens (tertiary/aromatic N) is 2. The molecule has 26 heavy (non-hydrogen) atoms. The Morgan fingerprint density at radius 1 is 1.23 bits per heavy atom. The van der Waals surface area contributed by atoms with Gasteiger partial charge in [0.1, 0.15) is 0 Å². The molecule has 0 unspecified atom stereocenters. The van der Waals surface area contributed by atoms with Gasteiger partial charge in [0, 0.05) is 30.5 Å². The summed E-state index contributed by atoms with van der Waals surface area (Å²) in [7, 11) is -3.40. The molecule has 1 fully saturated rings. The predicted molar refractivity (Wildman–Crippen MR) is 104 cm³/mol. The van der Waals surface area contributed by atoms with Crippen LogP contribution in [0.1, 0.15) is 39.0 Å². The normalized spacial score (nSPS) is 15.3. The highest BCUT2D eigenvalue weighted by molar-refractivity contribution is 7.89. The van der Waals surface area contributed by atoms with Crippen LogP contribution in [0, 0.1) is 0 Å². The molecule has 2 aromatic rings. The van der Waals surface area contributed by atoms with Crippen LogP contribution in [-0.2, 0) is 14.8 Å². The van der Waals surface area contributed by atoms with E-state index in [1.807, 2.05) is 12.3 Å². The maximum atomic E-state index is 12.6. The van der Waals surface area contributed by atoms with Crippen molar-refractivity contribution in [2.45, 2.75) is 43.9 Å². The lowest BCUT2D eigenvalue weighted by Gasteiger charge is -2.15. The molecular formula is C18H23N3O3S2. The number of carbonyl (C=O) groups is 1. The third kappa shape index (κ3) is 4.31. The largest absolute Gasteiger partial charge is 0.302 e. The number of benzene rings is 1. The molecule has 0 saturated carbocycles. The molecule has 0 radical (unpaired) electrons. The maximum Gasteiger partial charge on any atom is 0.243 e. The minimum absolute atomic E-state index is 0.0280. The minimum Gasteiger partial charge on any atom is -0.302 e. The molecule has 0 spiro atoms. The number of rotatable bonds is 7. The summed E-state index contributed by atoms with van der Waals surface area (Å²) >= 11 is 1.37. The van der Waals surface area contributed by atoms with Gasteiger partial charge in [0.2, 0.25) is 15.9 Å². The first-order valence-electron chi connectivity index (χ1n) is 8.86. The molecule has 2 heterocycles. The Balaban J connectivity index is 1.70. The summed E-state index contributed by atoms with van der Waals surface area (Å²) in [6, 6.07) is 6.78. The van der Waals surface area contributed by atoms with Gasteiger partial charge in [-0.1, -0.05) is 25.5 Å². The number of unbranched alkanes of at least 4 members (excludes halogenated alkanes) is 1. The van der Waals surface area contributed by atoms with E-state index in [1.165, 1.54) is 15.6 Å². The highest BCUT2D eigenvalue weighted by Crippen LogP contribution is 2.27. The molecule has 1 saturated heterocycles. The van der Waals surface area contributed by atoms with Crippen molar-refractivity contribution in [3.05, 3.63) is 29.6 Å². The molecule has 0 aliphatic carbocycles. The molecule has 8 heteroatoms. The second-order valence-corrected chi connectivity index (χ2v) is 9.12. The van der Waals surface area contributed by atoms with Gasteiger partial charge in [-0.2, -0.15) is 4.31 Å².